The molecule has 3 heteroatoms. The maximum absolute atomic E-state index is 5.86. The lowest BCUT2D eigenvalue weighted by Crippen LogP contribution is -2.21. The van der Waals surface area contributed by atoms with Gasteiger partial charge in [0.1, 0.15) is 11.5 Å². The third-order valence-corrected chi connectivity index (χ3v) is 3.33. The van der Waals surface area contributed by atoms with E-state index < -0.39 is 0 Å². The summed E-state index contributed by atoms with van der Waals surface area (Å²) in [6.45, 7) is 4.96. The van der Waals surface area contributed by atoms with E-state index in [0.29, 0.717) is 5.92 Å². The van der Waals surface area contributed by atoms with Crippen LogP contribution >= 0.6 is 0 Å². The molecule has 1 heterocycles. The van der Waals surface area contributed by atoms with Crippen LogP contribution in [0.4, 0.5) is 0 Å². The summed E-state index contributed by atoms with van der Waals surface area (Å²) in [5.41, 5.74) is 5.49. The molecule has 0 spiro atoms. The van der Waals surface area contributed by atoms with Gasteiger partial charge in [0.25, 0.3) is 0 Å². The second-order valence-corrected chi connectivity index (χ2v) is 5.00. The lowest BCUT2D eigenvalue weighted by atomic mass is 10.3. The van der Waals surface area contributed by atoms with Crippen molar-refractivity contribution in [3.8, 4) is 0 Å². The fraction of sp³-hybridized carbons (Fsp3) is 0.692. The van der Waals surface area contributed by atoms with Gasteiger partial charge in [-0.15, -0.1) is 0 Å². The maximum Gasteiger partial charge on any atom is 0.118 e. The van der Waals surface area contributed by atoms with Crippen molar-refractivity contribution in [2.45, 2.75) is 32.2 Å². The van der Waals surface area contributed by atoms with Gasteiger partial charge in [0.05, 0.1) is 6.54 Å². The van der Waals surface area contributed by atoms with Gasteiger partial charge in [-0.25, -0.2) is 0 Å². The second kappa shape index (κ2) is 5.02. The van der Waals surface area contributed by atoms with Crippen LogP contribution in [0.1, 0.15) is 37.2 Å². The van der Waals surface area contributed by atoms with Crippen molar-refractivity contribution in [2.24, 2.45) is 11.7 Å². The molecule has 2 unspecified atom stereocenters. The minimum atomic E-state index is 0.683. The van der Waals surface area contributed by atoms with E-state index in [4.69, 9.17) is 10.2 Å². The predicted octanol–water partition coefficient (Wildman–Crippen LogP) is 2.18. The van der Waals surface area contributed by atoms with Gasteiger partial charge in [-0.1, -0.05) is 6.92 Å². The second-order valence-electron chi connectivity index (χ2n) is 5.00. The van der Waals surface area contributed by atoms with Gasteiger partial charge in [0.2, 0.25) is 0 Å². The number of rotatable bonds is 6. The van der Waals surface area contributed by atoms with Crippen molar-refractivity contribution in [3.05, 3.63) is 23.7 Å². The molecule has 0 saturated heterocycles. The van der Waals surface area contributed by atoms with Crippen LogP contribution in [-0.4, -0.2) is 25.0 Å². The monoisotopic (exact) mass is 222 g/mol. The maximum atomic E-state index is 5.86. The molecule has 2 rings (SSSR count). The molecular weight excluding hydrogens is 200 g/mol. The fourth-order valence-electron chi connectivity index (χ4n) is 2.10. The third kappa shape index (κ3) is 2.86. The average Bonchev–Trinajstić information content (AvgIpc) is 2.80. The zero-order chi connectivity index (χ0) is 11.5. The van der Waals surface area contributed by atoms with Crippen LogP contribution in [-0.2, 0) is 6.54 Å². The number of hydrogen-bond acceptors (Lipinski definition) is 3. The Bertz CT molecular complexity index is 334. The predicted molar refractivity (Wildman–Crippen MR) is 65.2 cm³/mol. The van der Waals surface area contributed by atoms with E-state index in [9.17, 15) is 0 Å². The Kier molecular flexibility index (Phi) is 3.66. The Balaban J connectivity index is 1.83. The van der Waals surface area contributed by atoms with Crippen molar-refractivity contribution in [1.29, 1.82) is 0 Å². The number of furan rings is 1. The Morgan fingerprint density at radius 1 is 1.50 bits per heavy atom. The molecule has 1 saturated carbocycles. The van der Waals surface area contributed by atoms with E-state index >= 15 is 0 Å². The first-order valence-corrected chi connectivity index (χ1v) is 6.18. The van der Waals surface area contributed by atoms with Crippen LogP contribution < -0.4 is 5.73 Å². The van der Waals surface area contributed by atoms with Gasteiger partial charge in [0, 0.05) is 5.92 Å². The summed E-state index contributed by atoms with van der Waals surface area (Å²) in [6.07, 6.45) is 2.33. The number of nitrogens with two attached hydrogens (primary N) is 1. The highest BCUT2D eigenvalue weighted by Crippen LogP contribution is 2.47. The molecule has 90 valence electrons. The summed E-state index contributed by atoms with van der Waals surface area (Å²) in [6, 6.07) is 4.25. The van der Waals surface area contributed by atoms with Gasteiger partial charge in [-0.2, -0.15) is 0 Å². The Morgan fingerprint density at radius 3 is 2.88 bits per heavy atom. The van der Waals surface area contributed by atoms with E-state index in [0.717, 1.165) is 37.7 Å². The molecule has 0 aromatic carbocycles. The third-order valence-electron chi connectivity index (χ3n) is 3.33. The normalized spacial score (nSPS) is 24.0. The molecule has 16 heavy (non-hydrogen) atoms. The van der Waals surface area contributed by atoms with E-state index in [2.05, 4.69) is 31.0 Å². The molecule has 1 aromatic rings. The standard InChI is InChI=1S/C13H22N2O/c1-10-8-12(10)13-5-4-11(16-13)9-15(2)7-3-6-14/h4-5,10,12H,3,6-9,14H2,1-2H3. The van der Waals surface area contributed by atoms with Crippen LogP contribution in [0.2, 0.25) is 0 Å². The van der Waals surface area contributed by atoms with Crippen LogP contribution in [0.3, 0.4) is 0 Å². The molecule has 0 aliphatic heterocycles. The quantitative estimate of drug-likeness (QED) is 0.802. The minimum absolute atomic E-state index is 0.683. The van der Waals surface area contributed by atoms with Crippen LogP contribution in [0.15, 0.2) is 16.5 Å². The molecule has 3 nitrogen and oxygen atoms in total. The highest BCUT2D eigenvalue weighted by Gasteiger charge is 2.36. The van der Waals surface area contributed by atoms with Crippen molar-refractivity contribution in [1.82, 2.24) is 4.90 Å². The Hall–Kier alpha value is -0.800. The SMILES string of the molecule is CC1CC1c1ccc(CN(C)CCCN)o1. The van der Waals surface area contributed by atoms with Gasteiger partial charge in [-0.3, -0.25) is 4.90 Å². The van der Waals surface area contributed by atoms with E-state index in [1.165, 1.54) is 12.2 Å². The molecule has 0 amide bonds. The lowest BCUT2D eigenvalue weighted by molar-refractivity contribution is 0.288. The summed E-state index contributed by atoms with van der Waals surface area (Å²) < 4.78 is 5.86. The van der Waals surface area contributed by atoms with Crippen molar-refractivity contribution in [2.75, 3.05) is 20.1 Å². The van der Waals surface area contributed by atoms with E-state index in [1.54, 1.807) is 0 Å². The number of hydrogen-bond donors (Lipinski definition) is 1. The van der Waals surface area contributed by atoms with Crippen LogP contribution in [0.25, 0.3) is 0 Å². The molecule has 2 N–H and O–H groups in total. The summed E-state index contributed by atoms with van der Waals surface area (Å²) in [7, 11) is 2.11. The minimum Gasteiger partial charge on any atom is -0.464 e. The van der Waals surface area contributed by atoms with Crippen molar-refractivity contribution < 1.29 is 4.42 Å². The van der Waals surface area contributed by atoms with Gasteiger partial charge >= 0.3 is 0 Å². The smallest absolute Gasteiger partial charge is 0.118 e. The summed E-state index contributed by atoms with van der Waals surface area (Å²) in [4.78, 5) is 2.26. The lowest BCUT2D eigenvalue weighted by Gasteiger charge is -2.13. The molecule has 0 radical (unpaired) electrons. The van der Waals surface area contributed by atoms with Gasteiger partial charge in [-0.05, 0) is 51.0 Å². The zero-order valence-electron chi connectivity index (χ0n) is 10.3. The summed E-state index contributed by atoms with van der Waals surface area (Å²) in [5, 5.41) is 0. The van der Waals surface area contributed by atoms with E-state index in [1.807, 2.05) is 0 Å². The highest BCUT2D eigenvalue weighted by molar-refractivity contribution is 5.17. The molecular formula is C13H22N2O. The van der Waals surface area contributed by atoms with Gasteiger partial charge < -0.3 is 10.2 Å². The Morgan fingerprint density at radius 2 is 2.25 bits per heavy atom. The van der Waals surface area contributed by atoms with E-state index in [-0.39, 0.29) is 0 Å². The zero-order valence-corrected chi connectivity index (χ0v) is 10.3. The first kappa shape index (κ1) is 11.7. The molecule has 1 aromatic heterocycles. The first-order valence-electron chi connectivity index (χ1n) is 6.18. The van der Waals surface area contributed by atoms with Gasteiger partial charge in [0.15, 0.2) is 0 Å². The van der Waals surface area contributed by atoms with Crippen molar-refractivity contribution >= 4 is 0 Å². The summed E-state index contributed by atoms with van der Waals surface area (Å²) >= 11 is 0. The summed E-state index contributed by atoms with van der Waals surface area (Å²) in [5.74, 6) is 3.75. The van der Waals surface area contributed by atoms with Crippen molar-refractivity contribution in [3.63, 3.8) is 0 Å². The first-order chi connectivity index (χ1) is 7.70. The molecule has 0 bridgehead atoms. The highest BCUT2D eigenvalue weighted by atomic mass is 16.3. The van der Waals surface area contributed by atoms with Crippen LogP contribution in [0.5, 0.6) is 0 Å². The van der Waals surface area contributed by atoms with Crippen LogP contribution in [0, 0.1) is 5.92 Å². The topological polar surface area (TPSA) is 42.4 Å². The average molecular weight is 222 g/mol. The fourth-order valence-corrected chi connectivity index (χ4v) is 2.10. The molecule has 1 aliphatic carbocycles. The molecule has 1 aliphatic rings. The molecule has 2 atom stereocenters. The largest absolute Gasteiger partial charge is 0.464 e. The molecule has 1 fully saturated rings. The Labute approximate surface area is 97.6 Å². The number of nitrogens with zero attached hydrogens (tertiary/aromatic N) is 1.